The summed E-state index contributed by atoms with van der Waals surface area (Å²) in [6, 6.07) is 3.48. The van der Waals surface area contributed by atoms with Crippen LogP contribution in [0.4, 0.5) is 0 Å². The molecule has 2 rings (SSSR count). The fourth-order valence-electron chi connectivity index (χ4n) is 2.12. The summed E-state index contributed by atoms with van der Waals surface area (Å²) >= 11 is 0. The molecule has 0 aliphatic carbocycles. The Balaban J connectivity index is 1.89. The molecule has 0 bridgehead atoms. The molecule has 20 heavy (non-hydrogen) atoms. The van der Waals surface area contributed by atoms with Crippen molar-refractivity contribution in [3.05, 3.63) is 23.5 Å². The molecule has 1 aromatic rings. The molecule has 0 radical (unpaired) electrons. The minimum atomic E-state index is -0.350. The molecule has 1 aliphatic heterocycles. The number of aryl methyl sites for hydroxylation is 1. The predicted molar refractivity (Wildman–Crippen MR) is 71.9 cm³/mol. The zero-order valence-corrected chi connectivity index (χ0v) is 11.3. The van der Waals surface area contributed by atoms with Crippen LogP contribution in [0.3, 0.4) is 0 Å². The van der Waals surface area contributed by atoms with E-state index in [9.17, 15) is 9.59 Å². The van der Waals surface area contributed by atoms with Crippen molar-refractivity contribution >= 4 is 11.8 Å². The smallest absolute Gasteiger partial charge is 0.268 e. The summed E-state index contributed by atoms with van der Waals surface area (Å²) in [6.45, 7) is 2.87. The fourth-order valence-corrected chi connectivity index (χ4v) is 2.12. The molecule has 0 unspecified atom stereocenters. The van der Waals surface area contributed by atoms with Crippen molar-refractivity contribution < 1.29 is 9.59 Å². The first-order chi connectivity index (χ1) is 9.61. The van der Waals surface area contributed by atoms with E-state index in [-0.39, 0.29) is 18.4 Å². The molecule has 0 spiro atoms. The standard InChI is InChI=1S/C13H17N5O2/c1-17-9-10(7-14)6-11(17)13(20)16-8-12(19)18-4-2-15-3-5-18/h6,9,15H,2-5,8H2,1H3,(H,16,20). The Labute approximate surface area is 117 Å². The average Bonchev–Trinajstić information content (AvgIpc) is 2.86. The van der Waals surface area contributed by atoms with Crippen molar-refractivity contribution in [3.63, 3.8) is 0 Å². The largest absolute Gasteiger partial charge is 0.345 e. The van der Waals surface area contributed by atoms with Crippen molar-refractivity contribution in [2.45, 2.75) is 0 Å². The maximum atomic E-state index is 12.0. The maximum Gasteiger partial charge on any atom is 0.268 e. The zero-order chi connectivity index (χ0) is 14.5. The Bertz CT molecular complexity index is 552. The van der Waals surface area contributed by atoms with Gasteiger partial charge in [0, 0.05) is 39.4 Å². The van der Waals surface area contributed by atoms with Gasteiger partial charge in [-0.2, -0.15) is 5.26 Å². The summed E-state index contributed by atoms with van der Waals surface area (Å²) in [5.74, 6) is -0.438. The monoisotopic (exact) mass is 275 g/mol. The van der Waals surface area contributed by atoms with E-state index >= 15 is 0 Å². The highest BCUT2D eigenvalue weighted by Gasteiger charge is 2.18. The number of nitrogens with one attached hydrogen (secondary N) is 2. The van der Waals surface area contributed by atoms with Gasteiger partial charge in [-0.3, -0.25) is 9.59 Å². The Morgan fingerprint density at radius 2 is 2.15 bits per heavy atom. The zero-order valence-electron chi connectivity index (χ0n) is 11.3. The SMILES string of the molecule is Cn1cc(C#N)cc1C(=O)NCC(=O)N1CCNCC1. The number of amides is 2. The van der Waals surface area contributed by atoms with Crippen molar-refractivity contribution in [3.8, 4) is 6.07 Å². The van der Waals surface area contributed by atoms with Crippen molar-refractivity contribution in [1.82, 2.24) is 20.1 Å². The van der Waals surface area contributed by atoms with E-state index in [1.54, 1.807) is 22.7 Å². The second-order valence-corrected chi connectivity index (χ2v) is 4.65. The maximum absolute atomic E-state index is 12.0. The summed E-state index contributed by atoms with van der Waals surface area (Å²) < 4.78 is 1.57. The Kier molecular flexibility index (Phi) is 4.38. The average molecular weight is 275 g/mol. The van der Waals surface area contributed by atoms with Gasteiger partial charge in [0.2, 0.25) is 5.91 Å². The molecule has 2 amide bonds. The van der Waals surface area contributed by atoms with Gasteiger partial charge in [-0.15, -0.1) is 0 Å². The van der Waals surface area contributed by atoms with Gasteiger partial charge in [0.05, 0.1) is 12.1 Å². The summed E-state index contributed by atoms with van der Waals surface area (Å²) in [5, 5.41) is 14.5. The third-order valence-electron chi connectivity index (χ3n) is 3.24. The molecule has 106 valence electrons. The van der Waals surface area contributed by atoms with Gasteiger partial charge < -0.3 is 20.1 Å². The summed E-state index contributed by atoms with van der Waals surface area (Å²) in [6.07, 6.45) is 1.58. The molecule has 0 aromatic carbocycles. The highest BCUT2D eigenvalue weighted by Crippen LogP contribution is 2.05. The number of piperazine rings is 1. The van der Waals surface area contributed by atoms with Crippen LogP contribution < -0.4 is 10.6 Å². The molecule has 0 atom stereocenters. The first-order valence-electron chi connectivity index (χ1n) is 6.45. The Hall–Kier alpha value is -2.33. The molecular weight excluding hydrogens is 258 g/mol. The van der Waals surface area contributed by atoms with Crippen LogP contribution in [0.25, 0.3) is 0 Å². The van der Waals surface area contributed by atoms with E-state index in [0.717, 1.165) is 13.1 Å². The molecule has 1 aliphatic rings. The van der Waals surface area contributed by atoms with Crippen molar-refractivity contribution in [2.24, 2.45) is 7.05 Å². The second kappa shape index (κ2) is 6.21. The molecular formula is C13H17N5O2. The lowest BCUT2D eigenvalue weighted by Gasteiger charge is -2.27. The summed E-state index contributed by atoms with van der Waals surface area (Å²) in [5.41, 5.74) is 0.792. The van der Waals surface area contributed by atoms with Gasteiger partial charge in [-0.25, -0.2) is 0 Å². The van der Waals surface area contributed by atoms with E-state index in [0.29, 0.717) is 24.3 Å². The van der Waals surface area contributed by atoms with Crippen LogP contribution in [0, 0.1) is 11.3 Å². The van der Waals surface area contributed by atoms with Crippen LogP contribution in [-0.2, 0) is 11.8 Å². The Morgan fingerprint density at radius 3 is 2.75 bits per heavy atom. The minimum Gasteiger partial charge on any atom is -0.345 e. The molecule has 7 heteroatoms. The van der Waals surface area contributed by atoms with E-state index < -0.39 is 0 Å². The Morgan fingerprint density at radius 1 is 1.45 bits per heavy atom. The topological polar surface area (TPSA) is 90.2 Å². The molecule has 2 N–H and O–H groups in total. The van der Waals surface area contributed by atoms with Crippen molar-refractivity contribution in [2.75, 3.05) is 32.7 Å². The quantitative estimate of drug-likeness (QED) is 0.745. The third-order valence-corrected chi connectivity index (χ3v) is 3.24. The number of hydrogen-bond donors (Lipinski definition) is 2. The van der Waals surface area contributed by atoms with Crippen LogP contribution in [0.1, 0.15) is 16.1 Å². The number of nitriles is 1. The van der Waals surface area contributed by atoms with Gasteiger partial charge >= 0.3 is 0 Å². The number of aromatic nitrogens is 1. The number of rotatable bonds is 3. The van der Waals surface area contributed by atoms with E-state index in [1.807, 2.05) is 6.07 Å². The van der Waals surface area contributed by atoms with E-state index in [1.165, 1.54) is 6.07 Å². The van der Waals surface area contributed by atoms with E-state index in [2.05, 4.69) is 10.6 Å². The third kappa shape index (κ3) is 3.16. The predicted octanol–water partition coefficient (Wildman–Crippen LogP) is -0.942. The van der Waals surface area contributed by atoms with Crippen molar-refractivity contribution in [1.29, 1.82) is 5.26 Å². The van der Waals surface area contributed by atoms with Crippen LogP contribution in [0.5, 0.6) is 0 Å². The van der Waals surface area contributed by atoms with Crippen LogP contribution in [-0.4, -0.2) is 54.0 Å². The molecule has 1 fully saturated rings. The first kappa shape index (κ1) is 14.1. The van der Waals surface area contributed by atoms with Gasteiger partial charge in [-0.05, 0) is 6.07 Å². The van der Waals surface area contributed by atoms with Crippen LogP contribution >= 0.6 is 0 Å². The molecule has 7 nitrogen and oxygen atoms in total. The van der Waals surface area contributed by atoms with Gasteiger partial charge in [-0.1, -0.05) is 0 Å². The lowest BCUT2D eigenvalue weighted by Crippen LogP contribution is -2.49. The van der Waals surface area contributed by atoms with Gasteiger partial charge in [0.15, 0.2) is 0 Å². The molecule has 0 saturated carbocycles. The lowest BCUT2D eigenvalue weighted by atomic mass is 10.3. The lowest BCUT2D eigenvalue weighted by molar-refractivity contribution is -0.130. The van der Waals surface area contributed by atoms with Crippen LogP contribution in [0.15, 0.2) is 12.3 Å². The minimum absolute atomic E-state index is 0.0219. The molecule has 1 saturated heterocycles. The highest BCUT2D eigenvalue weighted by molar-refractivity contribution is 5.95. The molecule has 2 heterocycles. The first-order valence-corrected chi connectivity index (χ1v) is 6.45. The summed E-state index contributed by atoms with van der Waals surface area (Å²) in [4.78, 5) is 25.6. The molecule has 1 aromatic heterocycles. The van der Waals surface area contributed by atoms with Gasteiger partial charge in [0.25, 0.3) is 5.91 Å². The second-order valence-electron chi connectivity index (χ2n) is 4.65. The number of carbonyl (C=O) groups is 2. The number of hydrogen-bond acceptors (Lipinski definition) is 4. The number of nitrogens with zero attached hydrogens (tertiary/aromatic N) is 3. The normalized spacial score (nSPS) is 14.7. The van der Waals surface area contributed by atoms with Crippen LogP contribution in [0.2, 0.25) is 0 Å². The van der Waals surface area contributed by atoms with E-state index in [4.69, 9.17) is 5.26 Å². The fraction of sp³-hybridized carbons (Fsp3) is 0.462. The highest BCUT2D eigenvalue weighted by atomic mass is 16.2. The summed E-state index contributed by atoms with van der Waals surface area (Å²) in [7, 11) is 1.69. The number of carbonyl (C=O) groups excluding carboxylic acids is 2. The van der Waals surface area contributed by atoms with Gasteiger partial charge in [0.1, 0.15) is 11.8 Å².